The summed E-state index contributed by atoms with van der Waals surface area (Å²) in [5.41, 5.74) is 7.31. The van der Waals surface area contributed by atoms with Crippen LogP contribution in [0.1, 0.15) is 0 Å². The number of hydrogen-bond donors (Lipinski definition) is 0. The molecule has 8 rings (SSSR count). The van der Waals surface area contributed by atoms with Gasteiger partial charge in [0.15, 0.2) is 17.5 Å². The molecule has 0 fully saturated rings. The fraction of sp³-hybridized carbons (Fsp3) is 0. The SMILES string of the molecule is c1ccc(-c2nc(-c3ccccc3)nc(-c3ccc(-c4ccc5sc(-c6ccccc6)nc5c4)c4ccccc34)n2)cc1. The summed E-state index contributed by atoms with van der Waals surface area (Å²) in [4.78, 5) is 19.8. The summed E-state index contributed by atoms with van der Waals surface area (Å²) in [6.07, 6.45) is 0. The normalized spacial score (nSPS) is 11.3. The Bertz CT molecular complexity index is 2170. The number of fused-ring (bicyclic) bond motifs is 2. The summed E-state index contributed by atoms with van der Waals surface area (Å²) in [5, 5.41) is 3.26. The maximum atomic E-state index is 4.99. The van der Waals surface area contributed by atoms with Crippen molar-refractivity contribution in [1.82, 2.24) is 19.9 Å². The van der Waals surface area contributed by atoms with Crippen LogP contribution in [0.5, 0.6) is 0 Å². The van der Waals surface area contributed by atoms with Crippen LogP contribution < -0.4 is 0 Å². The first kappa shape index (κ1) is 25.2. The highest BCUT2D eigenvalue weighted by atomic mass is 32.1. The van der Waals surface area contributed by atoms with Gasteiger partial charge >= 0.3 is 0 Å². The number of nitrogens with zero attached hydrogens (tertiary/aromatic N) is 4. The topological polar surface area (TPSA) is 51.6 Å². The van der Waals surface area contributed by atoms with Gasteiger partial charge in [0, 0.05) is 22.3 Å². The molecule has 0 bridgehead atoms. The van der Waals surface area contributed by atoms with E-state index in [4.69, 9.17) is 19.9 Å². The van der Waals surface area contributed by atoms with E-state index in [0.29, 0.717) is 17.5 Å². The minimum atomic E-state index is 0.651. The Hall–Kier alpha value is -5.52. The number of benzene rings is 6. The molecule has 0 aliphatic carbocycles. The Kier molecular flexibility index (Phi) is 6.28. The monoisotopic (exact) mass is 568 g/mol. The maximum Gasteiger partial charge on any atom is 0.164 e. The number of rotatable bonds is 5. The molecular formula is C38H24N4S. The Morgan fingerprint density at radius 3 is 1.51 bits per heavy atom. The molecule has 0 saturated carbocycles. The third-order valence-electron chi connectivity index (χ3n) is 7.58. The van der Waals surface area contributed by atoms with Crippen LogP contribution in [0.25, 0.3) is 76.9 Å². The molecule has 0 aliphatic rings. The van der Waals surface area contributed by atoms with Gasteiger partial charge in [0.1, 0.15) is 5.01 Å². The van der Waals surface area contributed by atoms with Gasteiger partial charge in [0.2, 0.25) is 0 Å². The zero-order valence-electron chi connectivity index (χ0n) is 23.1. The molecule has 0 amide bonds. The lowest BCUT2D eigenvalue weighted by Crippen LogP contribution is -2.00. The molecule has 5 heteroatoms. The smallest absolute Gasteiger partial charge is 0.164 e. The summed E-state index contributed by atoms with van der Waals surface area (Å²) in [6.45, 7) is 0. The van der Waals surface area contributed by atoms with Gasteiger partial charge in [-0.05, 0) is 40.1 Å². The first-order valence-electron chi connectivity index (χ1n) is 14.2. The van der Waals surface area contributed by atoms with Crippen LogP contribution in [-0.4, -0.2) is 19.9 Å². The first-order chi connectivity index (χ1) is 21.3. The van der Waals surface area contributed by atoms with Gasteiger partial charge in [0.25, 0.3) is 0 Å². The third-order valence-corrected chi connectivity index (χ3v) is 8.67. The van der Waals surface area contributed by atoms with E-state index in [-0.39, 0.29) is 0 Å². The van der Waals surface area contributed by atoms with Gasteiger partial charge < -0.3 is 0 Å². The molecular weight excluding hydrogens is 545 g/mol. The average Bonchev–Trinajstić information content (AvgIpc) is 3.52. The molecule has 0 radical (unpaired) electrons. The minimum absolute atomic E-state index is 0.651. The van der Waals surface area contributed by atoms with Crippen molar-refractivity contribution in [2.45, 2.75) is 0 Å². The highest BCUT2D eigenvalue weighted by molar-refractivity contribution is 7.21. The van der Waals surface area contributed by atoms with E-state index in [0.717, 1.165) is 54.7 Å². The van der Waals surface area contributed by atoms with E-state index >= 15 is 0 Å². The zero-order chi connectivity index (χ0) is 28.6. The Labute approximate surface area is 253 Å². The lowest BCUT2D eigenvalue weighted by atomic mass is 9.94. The highest BCUT2D eigenvalue weighted by Gasteiger charge is 2.16. The van der Waals surface area contributed by atoms with E-state index in [1.54, 1.807) is 11.3 Å². The predicted molar refractivity (Wildman–Crippen MR) is 178 cm³/mol. The lowest BCUT2D eigenvalue weighted by molar-refractivity contribution is 1.08. The van der Waals surface area contributed by atoms with E-state index < -0.39 is 0 Å². The second-order valence-corrected chi connectivity index (χ2v) is 11.3. The van der Waals surface area contributed by atoms with Crippen molar-refractivity contribution >= 4 is 32.3 Å². The largest absolute Gasteiger partial charge is 0.236 e. The molecule has 0 N–H and O–H groups in total. The van der Waals surface area contributed by atoms with Crippen LogP contribution in [0, 0.1) is 0 Å². The van der Waals surface area contributed by atoms with Crippen LogP contribution in [0.2, 0.25) is 0 Å². The summed E-state index contributed by atoms with van der Waals surface area (Å²) in [6, 6.07) is 49.9. The number of hydrogen-bond acceptors (Lipinski definition) is 5. The molecule has 2 aromatic heterocycles. The summed E-state index contributed by atoms with van der Waals surface area (Å²) in [5.74, 6) is 1.96. The van der Waals surface area contributed by atoms with Crippen LogP contribution in [0.4, 0.5) is 0 Å². The molecule has 8 aromatic rings. The van der Waals surface area contributed by atoms with Crippen molar-refractivity contribution in [3.63, 3.8) is 0 Å². The van der Waals surface area contributed by atoms with Crippen LogP contribution in [0.15, 0.2) is 146 Å². The van der Waals surface area contributed by atoms with Crippen molar-refractivity contribution in [3.05, 3.63) is 146 Å². The molecule has 4 nitrogen and oxygen atoms in total. The van der Waals surface area contributed by atoms with Gasteiger partial charge in [0.05, 0.1) is 10.2 Å². The Balaban J connectivity index is 1.28. The molecule has 0 spiro atoms. The predicted octanol–water partition coefficient (Wildman–Crippen LogP) is 9.97. The molecule has 43 heavy (non-hydrogen) atoms. The van der Waals surface area contributed by atoms with Crippen molar-refractivity contribution in [3.8, 4) is 55.9 Å². The first-order valence-corrected chi connectivity index (χ1v) is 15.0. The van der Waals surface area contributed by atoms with Gasteiger partial charge in [-0.2, -0.15) is 0 Å². The molecule has 202 valence electrons. The van der Waals surface area contributed by atoms with E-state index in [1.165, 1.54) is 4.70 Å². The molecule has 0 aliphatic heterocycles. The zero-order valence-corrected chi connectivity index (χ0v) is 23.9. The maximum absolute atomic E-state index is 4.99. The van der Waals surface area contributed by atoms with Gasteiger partial charge in [-0.15, -0.1) is 11.3 Å². The van der Waals surface area contributed by atoms with Crippen LogP contribution >= 0.6 is 11.3 Å². The average molecular weight is 569 g/mol. The molecule has 0 unspecified atom stereocenters. The van der Waals surface area contributed by atoms with Crippen molar-refractivity contribution in [2.75, 3.05) is 0 Å². The molecule has 0 saturated heterocycles. The quantitative estimate of drug-likeness (QED) is 0.207. The fourth-order valence-electron chi connectivity index (χ4n) is 5.47. The van der Waals surface area contributed by atoms with Crippen LogP contribution in [0.3, 0.4) is 0 Å². The van der Waals surface area contributed by atoms with Crippen molar-refractivity contribution in [2.24, 2.45) is 0 Å². The lowest BCUT2D eigenvalue weighted by Gasteiger charge is -2.13. The van der Waals surface area contributed by atoms with E-state index in [9.17, 15) is 0 Å². The van der Waals surface area contributed by atoms with Crippen molar-refractivity contribution < 1.29 is 0 Å². The standard InChI is InChI=1S/C38H24N4S/c1-4-12-25(13-5-1)35-40-36(26-14-6-2-7-15-26)42-37(41-35)32-22-21-29(30-18-10-11-19-31(30)32)28-20-23-34-33(24-28)39-38(43-34)27-16-8-3-9-17-27/h1-24H. The highest BCUT2D eigenvalue weighted by Crippen LogP contribution is 2.38. The van der Waals surface area contributed by atoms with Crippen molar-refractivity contribution in [1.29, 1.82) is 0 Å². The molecule has 2 heterocycles. The number of aromatic nitrogens is 4. The minimum Gasteiger partial charge on any atom is -0.236 e. The summed E-state index contributed by atoms with van der Waals surface area (Å²) < 4.78 is 1.18. The summed E-state index contributed by atoms with van der Waals surface area (Å²) >= 11 is 1.72. The number of thiazole rings is 1. The van der Waals surface area contributed by atoms with E-state index in [2.05, 4.69) is 78.9 Å². The second kappa shape index (κ2) is 10.7. The summed E-state index contributed by atoms with van der Waals surface area (Å²) in [7, 11) is 0. The Morgan fingerprint density at radius 2 is 0.884 bits per heavy atom. The van der Waals surface area contributed by atoms with E-state index in [1.807, 2.05) is 66.7 Å². The van der Waals surface area contributed by atoms with Gasteiger partial charge in [-0.25, -0.2) is 19.9 Å². The fourth-order valence-corrected chi connectivity index (χ4v) is 6.43. The van der Waals surface area contributed by atoms with Crippen LogP contribution in [-0.2, 0) is 0 Å². The van der Waals surface area contributed by atoms with Gasteiger partial charge in [-0.3, -0.25) is 0 Å². The molecule has 0 atom stereocenters. The second-order valence-electron chi connectivity index (χ2n) is 10.3. The van der Waals surface area contributed by atoms with Gasteiger partial charge in [-0.1, -0.05) is 127 Å². The third kappa shape index (κ3) is 4.76. The molecule has 6 aromatic carbocycles. The Morgan fingerprint density at radius 1 is 0.372 bits per heavy atom.